The van der Waals surface area contributed by atoms with Gasteiger partial charge in [0, 0.05) is 11.9 Å². The maximum atomic E-state index is 12.3. The van der Waals surface area contributed by atoms with E-state index in [9.17, 15) is 14.7 Å². The maximum absolute atomic E-state index is 12.3. The molecule has 2 aromatic rings. The van der Waals surface area contributed by atoms with Crippen LogP contribution in [0.4, 0.5) is 0 Å². The number of aryl methyl sites for hydroxylation is 1. The Morgan fingerprint density at radius 3 is 2.60 bits per heavy atom. The van der Waals surface area contributed by atoms with Crippen LogP contribution in [-0.4, -0.2) is 20.7 Å². The molecule has 5 nitrogen and oxygen atoms in total. The minimum atomic E-state index is -1.40. The van der Waals surface area contributed by atoms with Gasteiger partial charge in [-0.1, -0.05) is 31.9 Å². The molecule has 0 saturated heterocycles. The van der Waals surface area contributed by atoms with Gasteiger partial charge in [-0.3, -0.25) is 4.79 Å². The summed E-state index contributed by atoms with van der Waals surface area (Å²) in [6.07, 6.45) is 2.77. The molecule has 0 aliphatic heterocycles. The number of hydrogen-bond donors (Lipinski definition) is 2. The molecule has 1 heterocycles. The van der Waals surface area contributed by atoms with Crippen LogP contribution in [0.5, 0.6) is 5.75 Å². The molecule has 0 bridgehead atoms. The largest absolute Gasteiger partial charge is 0.506 e. The Bertz CT molecular complexity index is 703. The number of benzene rings is 1. The fraction of sp³-hybridized carbons (Fsp3) is 0.333. The Balaban J connectivity index is 2.70. The number of pyridine rings is 1. The second-order valence-corrected chi connectivity index (χ2v) is 4.71. The third-order valence-corrected chi connectivity index (χ3v) is 3.34. The van der Waals surface area contributed by atoms with Gasteiger partial charge in [0.1, 0.15) is 5.75 Å². The average molecular weight is 275 g/mol. The van der Waals surface area contributed by atoms with E-state index in [0.717, 1.165) is 19.3 Å². The van der Waals surface area contributed by atoms with Gasteiger partial charge in [0.25, 0.3) is 5.56 Å². The van der Waals surface area contributed by atoms with E-state index in [-0.39, 0.29) is 0 Å². The van der Waals surface area contributed by atoms with Crippen LogP contribution in [0.1, 0.15) is 36.5 Å². The first-order chi connectivity index (χ1) is 9.57. The number of carbonyl (C=O) groups is 1. The van der Waals surface area contributed by atoms with E-state index in [1.165, 1.54) is 4.57 Å². The maximum Gasteiger partial charge on any atom is 0.345 e. The van der Waals surface area contributed by atoms with Crippen LogP contribution in [-0.2, 0) is 6.54 Å². The third-order valence-electron chi connectivity index (χ3n) is 3.34. The summed E-state index contributed by atoms with van der Waals surface area (Å²) in [6.45, 7) is 2.51. The number of unbranched alkanes of at least 4 members (excludes halogenated alkanes) is 2. The van der Waals surface area contributed by atoms with Crippen molar-refractivity contribution in [2.24, 2.45) is 0 Å². The van der Waals surface area contributed by atoms with Gasteiger partial charge in [0.05, 0.1) is 5.52 Å². The second kappa shape index (κ2) is 5.77. The van der Waals surface area contributed by atoms with Crippen molar-refractivity contribution in [2.75, 3.05) is 0 Å². The summed E-state index contributed by atoms with van der Waals surface area (Å²) in [5.74, 6) is -1.85. The fourth-order valence-corrected chi connectivity index (χ4v) is 2.32. The van der Waals surface area contributed by atoms with Crippen LogP contribution in [0.15, 0.2) is 29.1 Å². The predicted molar refractivity (Wildman–Crippen MR) is 76.4 cm³/mol. The molecule has 1 aromatic carbocycles. The van der Waals surface area contributed by atoms with E-state index in [0.29, 0.717) is 17.4 Å². The van der Waals surface area contributed by atoms with Crippen molar-refractivity contribution in [3.63, 3.8) is 0 Å². The summed E-state index contributed by atoms with van der Waals surface area (Å²) in [5, 5.41) is 19.5. The molecule has 0 amide bonds. The van der Waals surface area contributed by atoms with Gasteiger partial charge in [0.15, 0.2) is 5.56 Å². The first-order valence-electron chi connectivity index (χ1n) is 6.65. The summed E-state index contributed by atoms with van der Waals surface area (Å²) in [7, 11) is 0. The Kier molecular flexibility index (Phi) is 4.08. The molecule has 0 fully saturated rings. The van der Waals surface area contributed by atoms with Crippen LogP contribution in [0.25, 0.3) is 10.9 Å². The first kappa shape index (κ1) is 14.1. The molecule has 5 heteroatoms. The number of aromatic nitrogens is 1. The Labute approximate surface area is 116 Å². The standard InChI is InChI=1S/C15H17NO4/c1-2-3-6-9-16-11-8-5-4-7-10(11)13(17)12(14(16)18)15(19)20/h4-5,7-8,17H,2-3,6,9H2,1H3,(H,19,20). The number of nitrogens with zero attached hydrogens (tertiary/aromatic N) is 1. The number of para-hydroxylation sites is 1. The number of rotatable bonds is 5. The molecule has 2 rings (SSSR count). The summed E-state index contributed by atoms with van der Waals surface area (Å²) in [4.78, 5) is 23.5. The fourth-order valence-electron chi connectivity index (χ4n) is 2.32. The Hall–Kier alpha value is -2.30. The lowest BCUT2D eigenvalue weighted by molar-refractivity contribution is 0.0691. The molecular formula is C15H17NO4. The monoisotopic (exact) mass is 275 g/mol. The molecule has 0 saturated carbocycles. The van der Waals surface area contributed by atoms with Crippen molar-refractivity contribution in [3.05, 3.63) is 40.2 Å². The number of aromatic carboxylic acids is 1. The van der Waals surface area contributed by atoms with Crippen molar-refractivity contribution in [2.45, 2.75) is 32.7 Å². The van der Waals surface area contributed by atoms with Gasteiger partial charge in [-0.25, -0.2) is 4.79 Å². The summed E-state index contributed by atoms with van der Waals surface area (Å²) >= 11 is 0. The van der Waals surface area contributed by atoms with Crippen LogP contribution >= 0.6 is 0 Å². The van der Waals surface area contributed by atoms with Crippen molar-refractivity contribution < 1.29 is 15.0 Å². The highest BCUT2D eigenvalue weighted by atomic mass is 16.4. The van der Waals surface area contributed by atoms with E-state index >= 15 is 0 Å². The predicted octanol–water partition coefficient (Wildman–Crippen LogP) is 2.60. The zero-order valence-electron chi connectivity index (χ0n) is 11.3. The average Bonchev–Trinajstić information content (AvgIpc) is 2.42. The molecule has 0 radical (unpaired) electrons. The SMILES string of the molecule is CCCCCn1c(=O)c(C(=O)O)c(O)c2ccccc21. The van der Waals surface area contributed by atoms with Gasteiger partial charge in [-0.2, -0.15) is 0 Å². The molecule has 0 aliphatic carbocycles. The smallest absolute Gasteiger partial charge is 0.345 e. The summed E-state index contributed by atoms with van der Waals surface area (Å²) in [6, 6.07) is 6.80. The van der Waals surface area contributed by atoms with E-state index < -0.39 is 22.8 Å². The number of fused-ring (bicyclic) bond motifs is 1. The summed E-state index contributed by atoms with van der Waals surface area (Å²) in [5.41, 5.74) is -0.638. The molecular weight excluding hydrogens is 258 g/mol. The van der Waals surface area contributed by atoms with E-state index in [1.807, 2.05) is 0 Å². The number of carboxylic acids is 1. The zero-order valence-corrected chi connectivity index (χ0v) is 11.3. The number of aromatic hydroxyl groups is 1. The lowest BCUT2D eigenvalue weighted by Gasteiger charge is -2.13. The zero-order chi connectivity index (χ0) is 14.7. The molecule has 0 atom stereocenters. The lowest BCUT2D eigenvalue weighted by Crippen LogP contribution is -2.27. The van der Waals surface area contributed by atoms with Crippen molar-refractivity contribution >= 4 is 16.9 Å². The Morgan fingerprint density at radius 2 is 1.95 bits per heavy atom. The van der Waals surface area contributed by atoms with Gasteiger partial charge in [0.2, 0.25) is 0 Å². The van der Waals surface area contributed by atoms with Crippen LogP contribution in [0, 0.1) is 0 Å². The summed E-state index contributed by atoms with van der Waals surface area (Å²) < 4.78 is 1.44. The lowest BCUT2D eigenvalue weighted by atomic mass is 10.1. The molecule has 106 valence electrons. The van der Waals surface area contributed by atoms with Gasteiger partial charge < -0.3 is 14.8 Å². The highest BCUT2D eigenvalue weighted by molar-refractivity contribution is 5.98. The van der Waals surface area contributed by atoms with E-state index in [2.05, 4.69) is 6.92 Å². The minimum absolute atomic E-state index is 0.390. The van der Waals surface area contributed by atoms with Gasteiger partial charge >= 0.3 is 5.97 Å². The van der Waals surface area contributed by atoms with Crippen LogP contribution in [0.2, 0.25) is 0 Å². The highest BCUT2D eigenvalue weighted by Crippen LogP contribution is 2.26. The molecule has 0 spiro atoms. The topological polar surface area (TPSA) is 79.5 Å². The quantitative estimate of drug-likeness (QED) is 0.822. The molecule has 20 heavy (non-hydrogen) atoms. The second-order valence-electron chi connectivity index (χ2n) is 4.71. The molecule has 0 unspecified atom stereocenters. The van der Waals surface area contributed by atoms with Crippen molar-refractivity contribution in [3.8, 4) is 5.75 Å². The minimum Gasteiger partial charge on any atom is -0.506 e. The highest BCUT2D eigenvalue weighted by Gasteiger charge is 2.21. The third kappa shape index (κ3) is 2.39. The van der Waals surface area contributed by atoms with Gasteiger partial charge in [-0.05, 0) is 18.6 Å². The van der Waals surface area contributed by atoms with Crippen LogP contribution in [0.3, 0.4) is 0 Å². The molecule has 2 N–H and O–H groups in total. The number of hydrogen-bond acceptors (Lipinski definition) is 3. The Morgan fingerprint density at radius 1 is 1.25 bits per heavy atom. The van der Waals surface area contributed by atoms with Gasteiger partial charge in [-0.15, -0.1) is 0 Å². The van der Waals surface area contributed by atoms with E-state index in [4.69, 9.17) is 5.11 Å². The normalized spacial score (nSPS) is 10.8. The van der Waals surface area contributed by atoms with E-state index in [1.54, 1.807) is 24.3 Å². The van der Waals surface area contributed by atoms with Crippen molar-refractivity contribution in [1.29, 1.82) is 0 Å². The molecule has 0 aliphatic rings. The number of carboxylic acid groups (broad SMARTS) is 1. The molecule has 1 aromatic heterocycles. The van der Waals surface area contributed by atoms with Crippen LogP contribution < -0.4 is 5.56 Å². The van der Waals surface area contributed by atoms with Crippen molar-refractivity contribution in [1.82, 2.24) is 4.57 Å². The first-order valence-corrected chi connectivity index (χ1v) is 6.65.